The van der Waals surface area contributed by atoms with E-state index in [1.807, 2.05) is 0 Å². The summed E-state index contributed by atoms with van der Waals surface area (Å²) in [5.74, 6) is 0.529. The molecule has 2 nitrogen and oxygen atoms in total. The summed E-state index contributed by atoms with van der Waals surface area (Å²) in [7, 11) is 0. The number of ether oxygens (including phenoxy) is 2. The fourth-order valence-electron chi connectivity index (χ4n) is 5.94. The summed E-state index contributed by atoms with van der Waals surface area (Å²) in [5, 5.41) is 0. The van der Waals surface area contributed by atoms with E-state index in [1.54, 1.807) is 13.0 Å². The number of aryl methyl sites for hydroxylation is 2. The molecule has 2 fully saturated rings. The van der Waals surface area contributed by atoms with Gasteiger partial charge in [-0.1, -0.05) is 43.7 Å². The van der Waals surface area contributed by atoms with Crippen molar-refractivity contribution in [1.82, 2.24) is 0 Å². The molecule has 2 aliphatic rings. The maximum Gasteiger partial charge on any atom is 0.200 e. The highest BCUT2D eigenvalue weighted by molar-refractivity contribution is 5.32. The molecule has 0 amide bonds. The molecule has 1 aliphatic heterocycles. The normalized spacial score (nSPS) is 25.3. The van der Waals surface area contributed by atoms with E-state index < -0.39 is 11.6 Å². The average molecular weight is 471 g/mol. The SMILES string of the molecule is CCCC1CCC(C2CCC(c3ccc(CCc4ccc(OCC)c(F)c4F)cc3)CC2)CO1. The molecule has 186 valence electrons. The highest BCUT2D eigenvalue weighted by Crippen LogP contribution is 2.41. The van der Waals surface area contributed by atoms with E-state index in [1.165, 1.54) is 63.0 Å². The van der Waals surface area contributed by atoms with Crippen molar-refractivity contribution >= 4 is 0 Å². The summed E-state index contributed by atoms with van der Waals surface area (Å²) in [6, 6.07) is 12.0. The van der Waals surface area contributed by atoms with Crippen molar-refractivity contribution in [3.63, 3.8) is 0 Å². The highest BCUT2D eigenvalue weighted by atomic mass is 19.2. The third kappa shape index (κ3) is 6.19. The Morgan fingerprint density at radius 2 is 1.56 bits per heavy atom. The van der Waals surface area contributed by atoms with E-state index in [0.717, 1.165) is 24.0 Å². The smallest absolute Gasteiger partial charge is 0.200 e. The van der Waals surface area contributed by atoms with Crippen molar-refractivity contribution in [2.24, 2.45) is 11.8 Å². The van der Waals surface area contributed by atoms with Crippen LogP contribution in [-0.2, 0) is 17.6 Å². The topological polar surface area (TPSA) is 18.5 Å². The number of benzene rings is 2. The summed E-state index contributed by atoms with van der Waals surface area (Å²) in [6.07, 6.45) is 11.8. The summed E-state index contributed by atoms with van der Waals surface area (Å²) < 4.78 is 39.8. The molecule has 34 heavy (non-hydrogen) atoms. The van der Waals surface area contributed by atoms with Gasteiger partial charge in [-0.2, -0.15) is 4.39 Å². The molecule has 1 aliphatic carbocycles. The first-order chi connectivity index (χ1) is 16.6. The van der Waals surface area contributed by atoms with Gasteiger partial charge >= 0.3 is 0 Å². The molecule has 4 rings (SSSR count). The minimum atomic E-state index is -0.883. The van der Waals surface area contributed by atoms with Crippen molar-refractivity contribution in [1.29, 1.82) is 0 Å². The molecule has 2 aromatic carbocycles. The first-order valence-corrected chi connectivity index (χ1v) is 13.4. The lowest BCUT2D eigenvalue weighted by atomic mass is 9.72. The van der Waals surface area contributed by atoms with Crippen LogP contribution in [0.3, 0.4) is 0 Å². The second kappa shape index (κ2) is 12.2. The van der Waals surface area contributed by atoms with Gasteiger partial charge in [-0.15, -0.1) is 0 Å². The summed E-state index contributed by atoms with van der Waals surface area (Å²) in [5.41, 5.74) is 2.98. The first kappa shape index (κ1) is 25.2. The van der Waals surface area contributed by atoms with Crippen LogP contribution in [0.15, 0.2) is 36.4 Å². The molecule has 2 unspecified atom stereocenters. The summed E-state index contributed by atoms with van der Waals surface area (Å²) in [6.45, 7) is 5.28. The van der Waals surface area contributed by atoms with Gasteiger partial charge in [-0.3, -0.25) is 0 Å². The second-order valence-electron chi connectivity index (χ2n) is 10.2. The largest absolute Gasteiger partial charge is 0.491 e. The van der Waals surface area contributed by atoms with Crippen LogP contribution in [0.2, 0.25) is 0 Å². The third-order valence-electron chi connectivity index (χ3n) is 8.02. The van der Waals surface area contributed by atoms with Gasteiger partial charge in [0, 0.05) is 0 Å². The van der Waals surface area contributed by atoms with E-state index >= 15 is 0 Å². The number of hydrogen-bond donors (Lipinski definition) is 0. The Bertz CT molecular complexity index is 895. The molecule has 1 saturated carbocycles. The maximum atomic E-state index is 14.4. The van der Waals surface area contributed by atoms with Crippen LogP contribution in [0.5, 0.6) is 5.75 Å². The van der Waals surface area contributed by atoms with Gasteiger partial charge in [-0.25, -0.2) is 4.39 Å². The van der Waals surface area contributed by atoms with Gasteiger partial charge in [0.2, 0.25) is 5.82 Å². The standard InChI is InChI=1S/C30H40F2O2/c1-3-5-27-18-16-26(20-34-27)24-14-12-23(13-15-24)22-9-6-21(7-10-22)8-11-25-17-19-28(33-4-2)30(32)29(25)31/h6-7,9-10,17,19,23-24,26-27H,3-5,8,11-16,18,20H2,1-2H3. The Hall–Kier alpha value is -1.94. The lowest BCUT2D eigenvalue weighted by Gasteiger charge is -2.38. The Kier molecular flexibility index (Phi) is 8.99. The molecule has 0 radical (unpaired) electrons. The van der Waals surface area contributed by atoms with Gasteiger partial charge < -0.3 is 9.47 Å². The monoisotopic (exact) mass is 470 g/mol. The third-order valence-corrected chi connectivity index (χ3v) is 8.02. The molecule has 0 spiro atoms. The Morgan fingerprint density at radius 1 is 0.824 bits per heavy atom. The van der Waals surface area contributed by atoms with E-state index in [2.05, 4.69) is 31.2 Å². The average Bonchev–Trinajstić information content (AvgIpc) is 2.88. The van der Waals surface area contributed by atoms with E-state index in [4.69, 9.17) is 9.47 Å². The Balaban J connectivity index is 1.25. The second-order valence-corrected chi connectivity index (χ2v) is 10.2. The Morgan fingerprint density at radius 3 is 2.21 bits per heavy atom. The molecular weight excluding hydrogens is 430 g/mol. The highest BCUT2D eigenvalue weighted by Gasteiger charge is 2.31. The lowest BCUT2D eigenvalue weighted by Crippen LogP contribution is -2.32. The number of halogens is 2. The molecule has 4 heteroatoms. The van der Waals surface area contributed by atoms with Crippen LogP contribution in [0.4, 0.5) is 8.78 Å². The van der Waals surface area contributed by atoms with Crippen molar-refractivity contribution < 1.29 is 18.3 Å². The molecule has 0 aromatic heterocycles. The summed E-state index contributed by atoms with van der Waals surface area (Å²) >= 11 is 0. The van der Waals surface area contributed by atoms with Crippen LogP contribution in [0, 0.1) is 23.5 Å². The van der Waals surface area contributed by atoms with Crippen molar-refractivity contribution in [2.75, 3.05) is 13.2 Å². The van der Waals surface area contributed by atoms with Crippen molar-refractivity contribution in [3.05, 3.63) is 64.7 Å². The molecule has 0 N–H and O–H groups in total. The minimum Gasteiger partial charge on any atom is -0.491 e. The van der Waals surface area contributed by atoms with Gasteiger partial charge in [0.05, 0.1) is 19.3 Å². The van der Waals surface area contributed by atoms with Gasteiger partial charge in [-0.05, 0) is 105 Å². The quantitative estimate of drug-likeness (QED) is 0.369. The van der Waals surface area contributed by atoms with Crippen molar-refractivity contribution in [2.45, 2.75) is 90.1 Å². The maximum absolute atomic E-state index is 14.4. The predicted octanol–water partition coefficient (Wildman–Crippen LogP) is 8.02. The van der Waals surface area contributed by atoms with Gasteiger partial charge in [0.25, 0.3) is 0 Å². The fraction of sp³-hybridized carbons (Fsp3) is 0.600. The van der Waals surface area contributed by atoms with Crippen molar-refractivity contribution in [3.8, 4) is 5.75 Å². The molecular formula is C30H40F2O2. The van der Waals surface area contributed by atoms with Gasteiger partial charge in [0.1, 0.15) is 0 Å². The number of rotatable bonds is 9. The molecule has 2 aromatic rings. The van der Waals surface area contributed by atoms with Crippen LogP contribution < -0.4 is 4.74 Å². The molecule has 0 bridgehead atoms. The van der Waals surface area contributed by atoms with Gasteiger partial charge in [0.15, 0.2) is 11.6 Å². The first-order valence-electron chi connectivity index (χ1n) is 13.4. The predicted molar refractivity (Wildman–Crippen MR) is 133 cm³/mol. The van der Waals surface area contributed by atoms with E-state index in [0.29, 0.717) is 37.0 Å². The van der Waals surface area contributed by atoms with E-state index in [-0.39, 0.29) is 5.75 Å². The van der Waals surface area contributed by atoms with Crippen LogP contribution in [0.25, 0.3) is 0 Å². The van der Waals surface area contributed by atoms with Crippen LogP contribution >= 0.6 is 0 Å². The zero-order chi connectivity index (χ0) is 23.9. The molecule has 1 saturated heterocycles. The zero-order valence-corrected chi connectivity index (χ0v) is 20.8. The summed E-state index contributed by atoms with van der Waals surface area (Å²) in [4.78, 5) is 0. The lowest BCUT2D eigenvalue weighted by molar-refractivity contribution is -0.0408. The van der Waals surface area contributed by atoms with Crippen LogP contribution in [-0.4, -0.2) is 19.3 Å². The number of hydrogen-bond acceptors (Lipinski definition) is 2. The zero-order valence-electron chi connectivity index (χ0n) is 20.8. The fourth-order valence-corrected chi connectivity index (χ4v) is 5.94. The Labute approximate surface area is 204 Å². The molecule has 1 heterocycles. The molecule has 2 atom stereocenters. The van der Waals surface area contributed by atoms with Crippen LogP contribution in [0.1, 0.15) is 87.8 Å². The van der Waals surface area contributed by atoms with E-state index in [9.17, 15) is 8.78 Å². The minimum absolute atomic E-state index is 0.0143.